The van der Waals surface area contributed by atoms with E-state index in [4.69, 9.17) is 4.74 Å². The first-order chi connectivity index (χ1) is 13.1. The van der Waals surface area contributed by atoms with Gasteiger partial charge in [0, 0.05) is 32.7 Å². The summed E-state index contributed by atoms with van der Waals surface area (Å²) < 4.78 is 5.32. The number of carbonyl (C=O) groups excluding carboxylic acids is 1. The summed E-state index contributed by atoms with van der Waals surface area (Å²) in [6.07, 6.45) is 0. The molecule has 1 heterocycles. The normalized spacial score (nSPS) is 16.7. The zero-order valence-corrected chi connectivity index (χ0v) is 16.4. The second-order valence-corrected chi connectivity index (χ2v) is 7.10. The number of methoxy groups -OCH3 is 1. The van der Waals surface area contributed by atoms with Crippen LogP contribution in [-0.4, -0.2) is 55.0 Å². The number of para-hydroxylation sites is 2. The van der Waals surface area contributed by atoms with Crippen LogP contribution in [0, 0.1) is 6.92 Å². The molecule has 144 valence electrons. The minimum absolute atomic E-state index is 0.00635. The fourth-order valence-corrected chi connectivity index (χ4v) is 3.49. The number of ether oxygens (including phenoxy) is 1. The van der Waals surface area contributed by atoms with Crippen LogP contribution >= 0.6 is 0 Å². The number of aryl methyl sites for hydroxylation is 1. The third-order valence-corrected chi connectivity index (χ3v) is 5.35. The number of hydrogen-bond acceptors (Lipinski definition) is 4. The number of carbonyl (C=O) groups is 1. The molecule has 0 radical (unpaired) electrons. The highest BCUT2D eigenvalue weighted by molar-refractivity contribution is 5.95. The summed E-state index contributed by atoms with van der Waals surface area (Å²) in [5.74, 6) is 0.688. The Morgan fingerprint density at radius 3 is 2.44 bits per heavy atom. The summed E-state index contributed by atoms with van der Waals surface area (Å²) >= 11 is 0. The van der Waals surface area contributed by atoms with Crippen LogP contribution in [-0.2, 0) is 11.3 Å². The first-order valence-corrected chi connectivity index (χ1v) is 9.53. The molecular weight excluding hydrogens is 338 g/mol. The lowest BCUT2D eigenvalue weighted by Crippen LogP contribution is -2.52. The van der Waals surface area contributed by atoms with Crippen LogP contribution in [0.15, 0.2) is 48.5 Å². The lowest BCUT2D eigenvalue weighted by atomic mass is 10.1. The second-order valence-electron chi connectivity index (χ2n) is 7.10. The van der Waals surface area contributed by atoms with E-state index in [1.807, 2.05) is 31.2 Å². The molecule has 1 fully saturated rings. The zero-order chi connectivity index (χ0) is 19.2. The summed E-state index contributed by atoms with van der Waals surface area (Å²) in [6, 6.07) is 15.9. The van der Waals surface area contributed by atoms with Crippen molar-refractivity contribution >= 4 is 11.6 Å². The Bertz CT molecular complexity index is 770. The van der Waals surface area contributed by atoms with Gasteiger partial charge in [0.25, 0.3) is 0 Å². The number of amides is 1. The molecule has 2 aromatic carbocycles. The lowest BCUT2D eigenvalue weighted by Gasteiger charge is -2.37. The van der Waals surface area contributed by atoms with E-state index in [2.05, 4.69) is 46.3 Å². The van der Waals surface area contributed by atoms with Gasteiger partial charge in [0.2, 0.25) is 5.91 Å². The number of rotatable bonds is 6. The lowest BCUT2D eigenvalue weighted by molar-refractivity contribution is -0.121. The summed E-state index contributed by atoms with van der Waals surface area (Å²) in [4.78, 5) is 17.4. The number of piperazine rings is 1. The first-order valence-electron chi connectivity index (χ1n) is 9.53. The van der Waals surface area contributed by atoms with Gasteiger partial charge < -0.3 is 10.1 Å². The topological polar surface area (TPSA) is 44.8 Å². The van der Waals surface area contributed by atoms with E-state index in [9.17, 15) is 4.79 Å². The average Bonchev–Trinajstić information content (AvgIpc) is 2.70. The van der Waals surface area contributed by atoms with Crippen molar-refractivity contribution in [2.24, 2.45) is 0 Å². The fraction of sp³-hybridized carbons (Fsp3) is 0.409. The van der Waals surface area contributed by atoms with Crippen LogP contribution in [0.3, 0.4) is 0 Å². The highest BCUT2D eigenvalue weighted by atomic mass is 16.5. The Morgan fingerprint density at radius 1 is 1.07 bits per heavy atom. The predicted octanol–water partition coefficient (Wildman–Crippen LogP) is 3.15. The van der Waals surface area contributed by atoms with Gasteiger partial charge in [-0.05, 0) is 37.1 Å². The standard InChI is InChI=1S/C22H29N3O2/c1-17-8-4-5-9-19(17)16-24-12-14-25(15-13-24)18(2)22(26)23-20-10-6-7-11-21(20)27-3/h4-11,18H,12-16H2,1-3H3,(H,23,26)/t18-/m1/s1. The molecule has 0 aromatic heterocycles. The molecule has 5 heteroatoms. The number of nitrogens with zero attached hydrogens (tertiary/aromatic N) is 2. The second kappa shape index (κ2) is 9.02. The van der Waals surface area contributed by atoms with Crippen LogP contribution < -0.4 is 10.1 Å². The van der Waals surface area contributed by atoms with Crippen LogP contribution in [0.2, 0.25) is 0 Å². The van der Waals surface area contributed by atoms with Crippen molar-refractivity contribution in [1.29, 1.82) is 0 Å². The molecule has 1 aliphatic rings. The highest BCUT2D eigenvalue weighted by Gasteiger charge is 2.26. The summed E-state index contributed by atoms with van der Waals surface area (Å²) in [5.41, 5.74) is 3.44. The van der Waals surface area contributed by atoms with E-state index in [1.54, 1.807) is 7.11 Å². The Balaban J connectivity index is 1.52. The zero-order valence-electron chi connectivity index (χ0n) is 16.4. The number of anilines is 1. The number of nitrogens with one attached hydrogen (secondary N) is 1. The van der Waals surface area contributed by atoms with Crippen molar-refractivity contribution in [2.75, 3.05) is 38.6 Å². The Hall–Kier alpha value is -2.37. The average molecular weight is 367 g/mol. The minimum atomic E-state index is -0.171. The SMILES string of the molecule is COc1ccccc1NC(=O)[C@@H](C)N1CCN(Cc2ccccc2C)CC1. The van der Waals surface area contributed by atoms with Crippen molar-refractivity contribution in [3.05, 3.63) is 59.7 Å². The Labute approximate surface area is 161 Å². The van der Waals surface area contributed by atoms with E-state index < -0.39 is 0 Å². The van der Waals surface area contributed by atoms with E-state index in [-0.39, 0.29) is 11.9 Å². The molecule has 1 amide bonds. The summed E-state index contributed by atoms with van der Waals surface area (Å²) in [6.45, 7) is 8.85. The first kappa shape index (κ1) is 19.4. The van der Waals surface area contributed by atoms with Gasteiger partial charge in [0.15, 0.2) is 0 Å². The van der Waals surface area contributed by atoms with Crippen molar-refractivity contribution in [3.8, 4) is 5.75 Å². The van der Waals surface area contributed by atoms with Gasteiger partial charge >= 0.3 is 0 Å². The molecule has 1 aliphatic heterocycles. The van der Waals surface area contributed by atoms with Crippen molar-refractivity contribution < 1.29 is 9.53 Å². The van der Waals surface area contributed by atoms with Gasteiger partial charge in [-0.2, -0.15) is 0 Å². The minimum Gasteiger partial charge on any atom is -0.495 e. The van der Waals surface area contributed by atoms with Gasteiger partial charge in [0.05, 0.1) is 18.8 Å². The van der Waals surface area contributed by atoms with Crippen LogP contribution in [0.1, 0.15) is 18.1 Å². The molecule has 0 spiro atoms. The van der Waals surface area contributed by atoms with Crippen molar-refractivity contribution in [2.45, 2.75) is 26.4 Å². The smallest absolute Gasteiger partial charge is 0.241 e. The van der Waals surface area contributed by atoms with E-state index in [0.29, 0.717) is 5.75 Å². The molecule has 1 atom stereocenters. The van der Waals surface area contributed by atoms with E-state index in [0.717, 1.165) is 38.4 Å². The van der Waals surface area contributed by atoms with Crippen LogP contribution in [0.5, 0.6) is 5.75 Å². The van der Waals surface area contributed by atoms with Gasteiger partial charge in [-0.25, -0.2) is 0 Å². The quantitative estimate of drug-likeness (QED) is 0.852. The van der Waals surface area contributed by atoms with Crippen LogP contribution in [0.25, 0.3) is 0 Å². The third-order valence-electron chi connectivity index (χ3n) is 5.35. The highest BCUT2D eigenvalue weighted by Crippen LogP contribution is 2.23. The van der Waals surface area contributed by atoms with E-state index in [1.165, 1.54) is 11.1 Å². The Kier molecular flexibility index (Phi) is 6.48. The van der Waals surface area contributed by atoms with Gasteiger partial charge in [0.1, 0.15) is 5.75 Å². The van der Waals surface area contributed by atoms with Crippen molar-refractivity contribution in [1.82, 2.24) is 9.80 Å². The van der Waals surface area contributed by atoms with E-state index >= 15 is 0 Å². The molecule has 0 aliphatic carbocycles. The van der Waals surface area contributed by atoms with Gasteiger partial charge in [-0.3, -0.25) is 14.6 Å². The van der Waals surface area contributed by atoms with Crippen LogP contribution in [0.4, 0.5) is 5.69 Å². The maximum atomic E-state index is 12.7. The molecule has 1 saturated heterocycles. The molecule has 27 heavy (non-hydrogen) atoms. The number of benzene rings is 2. The molecular formula is C22H29N3O2. The molecule has 5 nitrogen and oxygen atoms in total. The molecule has 3 rings (SSSR count). The summed E-state index contributed by atoms with van der Waals surface area (Å²) in [7, 11) is 1.61. The predicted molar refractivity (Wildman–Crippen MR) is 109 cm³/mol. The molecule has 2 aromatic rings. The summed E-state index contributed by atoms with van der Waals surface area (Å²) in [5, 5.41) is 3.00. The molecule has 0 unspecified atom stereocenters. The maximum absolute atomic E-state index is 12.7. The van der Waals surface area contributed by atoms with Gasteiger partial charge in [-0.1, -0.05) is 36.4 Å². The number of hydrogen-bond donors (Lipinski definition) is 1. The molecule has 0 saturated carbocycles. The molecule has 0 bridgehead atoms. The maximum Gasteiger partial charge on any atom is 0.241 e. The molecule has 1 N–H and O–H groups in total. The third kappa shape index (κ3) is 4.87. The largest absolute Gasteiger partial charge is 0.495 e. The monoisotopic (exact) mass is 367 g/mol. The fourth-order valence-electron chi connectivity index (χ4n) is 3.49. The van der Waals surface area contributed by atoms with Crippen molar-refractivity contribution in [3.63, 3.8) is 0 Å². The Morgan fingerprint density at radius 2 is 1.74 bits per heavy atom. The van der Waals surface area contributed by atoms with Gasteiger partial charge in [-0.15, -0.1) is 0 Å².